The van der Waals surface area contributed by atoms with Crippen molar-refractivity contribution in [2.75, 3.05) is 14.2 Å². The minimum Gasteiger partial charge on any atom is -0.437 e. The number of ketones is 2. The van der Waals surface area contributed by atoms with Crippen LogP contribution >= 0.6 is 0 Å². The van der Waals surface area contributed by atoms with Crippen molar-refractivity contribution < 1.29 is 38.1 Å². The zero-order chi connectivity index (χ0) is 23.0. The van der Waals surface area contributed by atoms with Crippen LogP contribution in [0.4, 0.5) is 9.59 Å². The molecule has 0 saturated heterocycles. The Morgan fingerprint density at radius 1 is 0.719 bits per heavy atom. The summed E-state index contributed by atoms with van der Waals surface area (Å²) in [4.78, 5) is 51.1. The molecule has 0 radical (unpaired) electrons. The second-order valence-electron chi connectivity index (χ2n) is 6.96. The molecule has 0 saturated carbocycles. The van der Waals surface area contributed by atoms with Gasteiger partial charge in [-0.2, -0.15) is 0 Å². The molecule has 8 nitrogen and oxygen atoms in total. The van der Waals surface area contributed by atoms with Gasteiger partial charge in [0, 0.05) is 22.3 Å². The van der Waals surface area contributed by atoms with E-state index in [1.807, 2.05) is 6.92 Å². The smallest absolute Gasteiger partial charge is 0.437 e. The Morgan fingerprint density at radius 2 is 1.22 bits per heavy atom. The summed E-state index contributed by atoms with van der Waals surface area (Å²) in [6, 6.07) is 11.4. The Morgan fingerprint density at radius 3 is 1.75 bits per heavy atom. The second kappa shape index (κ2) is 8.14. The highest BCUT2D eigenvalue weighted by Gasteiger charge is 2.43. The molecule has 0 fully saturated rings. The molecular weight excluding hydrogens is 416 g/mol. The third-order valence-corrected chi connectivity index (χ3v) is 5.26. The summed E-state index contributed by atoms with van der Waals surface area (Å²) in [5, 5.41) is 0. The maximum atomic E-state index is 13.5. The number of ether oxygens (including phenoxy) is 4. The molecular formula is C24H18O8. The van der Waals surface area contributed by atoms with Crippen LogP contribution in [-0.4, -0.2) is 38.1 Å². The van der Waals surface area contributed by atoms with E-state index in [0.29, 0.717) is 6.42 Å². The number of hydrogen-bond donors (Lipinski definition) is 0. The minimum atomic E-state index is -1.06. The molecule has 0 bridgehead atoms. The van der Waals surface area contributed by atoms with Crippen LogP contribution in [-0.2, 0) is 25.4 Å². The van der Waals surface area contributed by atoms with E-state index < -0.39 is 23.9 Å². The second-order valence-corrected chi connectivity index (χ2v) is 6.96. The van der Waals surface area contributed by atoms with E-state index in [9.17, 15) is 19.2 Å². The van der Waals surface area contributed by atoms with Gasteiger partial charge in [-0.1, -0.05) is 43.3 Å². The van der Waals surface area contributed by atoms with Gasteiger partial charge in [0.1, 0.15) is 0 Å². The molecule has 0 N–H and O–H groups in total. The van der Waals surface area contributed by atoms with E-state index in [-0.39, 0.29) is 44.9 Å². The molecule has 0 aromatic heterocycles. The summed E-state index contributed by atoms with van der Waals surface area (Å²) < 4.78 is 20.0. The normalized spacial score (nSPS) is 14.3. The summed E-state index contributed by atoms with van der Waals surface area (Å²) in [7, 11) is 2.26. The number of benzene rings is 2. The quantitative estimate of drug-likeness (QED) is 0.658. The number of fused-ring (bicyclic) bond motifs is 3. The lowest BCUT2D eigenvalue weighted by Crippen LogP contribution is -2.29. The first kappa shape index (κ1) is 21.0. The first-order valence-electron chi connectivity index (χ1n) is 9.73. The number of hydrogen-bond acceptors (Lipinski definition) is 8. The highest BCUT2D eigenvalue weighted by atomic mass is 16.7. The van der Waals surface area contributed by atoms with Gasteiger partial charge in [0.2, 0.25) is 0 Å². The third kappa shape index (κ3) is 3.26. The monoisotopic (exact) mass is 434 g/mol. The lowest BCUT2D eigenvalue weighted by molar-refractivity contribution is 0.0957. The van der Waals surface area contributed by atoms with Gasteiger partial charge < -0.3 is 18.9 Å². The Bertz CT molecular complexity index is 1250. The lowest BCUT2D eigenvalue weighted by Gasteiger charge is -2.29. The molecule has 2 aliphatic carbocycles. The van der Waals surface area contributed by atoms with Crippen molar-refractivity contribution in [3.05, 3.63) is 81.4 Å². The lowest BCUT2D eigenvalue weighted by atomic mass is 9.76. The summed E-state index contributed by atoms with van der Waals surface area (Å²) >= 11 is 0. The number of methoxy groups -OCH3 is 2. The Balaban J connectivity index is 2.11. The average Bonchev–Trinajstić information content (AvgIpc) is 2.82. The first-order chi connectivity index (χ1) is 15.4. The Labute approximate surface area is 183 Å². The van der Waals surface area contributed by atoms with Gasteiger partial charge in [-0.05, 0) is 18.1 Å². The maximum absolute atomic E-state index is 13.5. The van der Waals surface area contributed by atoms with Crippen LogP contribution in [0.5, 0.6) is 0 Å². The highest BCUT2D eigenvalue weighted by molar-refractivity contribution is 6.34. The van der Waals surface area contributed by atoms with E-state index in [4.69, 9.17) is 9.47 Å². The van der Waals surface area contributed by atoms with Gasteiger partial charge in [-0.3, -0.25) is 9.59 Å². The molecule has 32 heavy (non-hydrogen) atoms. The summed E-state index contributed by atoms with van der Waals surface area (Å²) in [6.07, 6.45) is -1.47. The molecule has 0 atom stereocenters. The molecule has 2 aliphatic rings. The van der Waals surface area contributed by atoms with Gasteiger partial charge in [-0.25, -0.2) is 9.59 Å². The van der Waals surface area contributed by atoms with Gasteiger partial charge in [0.15, 0.2) is 23.1 Å². The molecule has 0 spiro atoms. The first-order valence-corrected chi connectivity index (χ1v) is 9.73. The predicted octanol–water partition coefficient (Wildman–Crippen LogP) is 4.33. The van der Waals surface area contributed by atoms with Crippen molar-refractivity contribution in [3.8, 4) is 0 Å². The predicted molar refractivity (Wildman–Crippen MR) is 112 cm³/mol. The van der Waals surface area contributed by atoms with Crippen LogP contribution in [0, 0.1) is 0 Å². The zero-order valence-corrected chi connectivity index (χ0v) is 17.5. The van der Waals surface area contributed by atoms with Crippen molar-refractivity contribution >= 4 is 35.4 Å². The van der Waals surface area contributed by atoms with E-state index >= 15 is 0 Å². The standard InChI is InChI=1S/C24H18O8/c1-4-12-9-10-14-16(11-12)22(32-24(28)30-3)18-17(20(14)26)21(31-23(27)29-2)15-8-6-5-7-13(15)19(18)25/h5-11H,4H2,1-3H3. The van der Waals surface area contributed by atoms with Crippen LogP contribution in [0.3, 0.4) is 0 Å². The van der Waals surface area contributed by atoms with Gasteiger partial charge in [0.05, 0.1) is 25.4 Å². The van der Waals surface area contributed by atoms with E-state index in [2.05, 4.69) is 9.47 Å². The van der Waals surface area contributed by atoms with Crippen molar-refractivity contribution in [1.82, 2.24) is 0 Å². The molecule has 0 unspecified atom stereocenters. The van der Waals surface area contributed by atoms with Crippen LogP contribution in [0.25, 0.3) is 11.5 Å². The minimum absolute atomic E-state index is 0.137. The zero-order valence-electron chi connectivity index (χ0n) is 17.5. The largest absolute Gasteiger partial charge is 0.513 e. The van der Waals surface area contributed by atoms with Crippen LogP contribution < -0.4 is 0 Å². The fraction of sp³-hybridized carbons (Fsp3) is 0.167. The fourth-order valence-electron chi connectivity index (χ4n) is 3.74. The van der Waals surface area contributed by atoms with Gasteiger partial charge >= 0.3 is 12.3 Å². The van der Waals surface area contributed by atoms with E-state index in [1.54, 1.807) is 36.4 Å². The molecule has 0 amide bonds. The third-order valence-electron chi connectivity index (χ3n) is 5.26. The van der Waals surface area contributed by atoms with Crippen molar-refractivity contribution in [2.24, 2.45) is 0 Å². The average molecular weight is 434 g/mol. The summed E-state index contributed by atoms with van der Waals surface area (Å²) in [5.74, 6) is -1.38. The summed E-state index contributed by atoms with van der Waals surface area (Å²) in [6.45, 7) is 1.93. The number of allylic oxidation sites excluding steroid dienone is 2. The molecule has 2 aromatic carbocycles. The van der Waals surface area contributed by atoms with Crippen LogP contribution in [0.2, 0.25) is 0 Å². The SMILES string of the molecule is CCc1ccc2c(c1)C(OC(=O)OC)=C1C(=O)c3ccccc3C(OC(=O)OC)=C1C2=O. The molecule has 2 aromatic rings. The topological polar surface area (TPSA) is 105 Å². The molecule has 162 valence electrons. The van der Waals surface area contributed by atoms with Crippen LogP contribution in [0.1, 0.15) is 44.3 Å². The molecule has 0 heterocycles. The summed E-state index contributed by atoms with van der Waals surface area (Å²) in [5.41, 5.74) is 1.40. The maximum Gasteiger partial charge on any atom is 0.513 e. The number of Topliss-reactive ketones (excluding diaryl/α,β-unsaturated/α-hetero) is 2. The van der Waals surface area contributed by atoms with Crippen LogP contribution in [0.15, 0.2) is 53.6 Å². The fourth-order valence-corrected chi connectivity index (χ4v) is 3.74. The molecule has 8 heteroatoms. The van der Waals surface area contributed by atoms with Gasteiger partial charge in [0.25, 0.3) is 0 Å². The van der Waals surface area contributed by atoms with Crippen molar-refractivity contribution in [1.29, 1.82) is 0 Å². The van der Waals surface area contributed by atoms with Crippen molar-refractivity contribution in [2.45, 2.75) is 13.3 Å². The number of aryl methyl sites for hydroxylation is 1. The Kier molecular flexibility index (Phi) is 5.36. The number of carbonyl (C=O) groups is 4. The Hall–Kier alpha value is -4.20. The number of carbonyl (C=O) groups excluding carboxylic acids is 4. The van der Waals surface area contributed by atoms with Gasteiger partial charge in [-0.15, -0.1) is 0 Å². The molecule has 4 rings (SSSR count). The highest BCUT2D eigenvalue weighted by Crippen LogP contribution is 2.45. The van der Waals surface area contributed by atoms with E-state index in [0.717, 1.165) is 19.8 Å². The molecule has 0 aliphatic heterocycles. The van der Waals surface area contributed by atoms with E-state index in [1.165, 1.54) is 6.07 Å². The van der Waals surface area contributed by atoms with Crippen molar-refractivity contribution in [3.63, 3.8) is 0 Å². The number of rotatable bonds is 3.